The minimum Gasteiger partial charge on any atom is -0.346 e. The minimum atomic E-state index is -0.355. The summed E-state index contributed by atoms with van der Waals surface area (Å²) in [5.74, 6) is -0.202. The Morgan fingerprint density at radius 1 is 1.15 bits per heavy atom. The van der Waals surface area contributed by atoms with Crippen LogP contribution in [-0.4, -0.2) is 26.9 Å². The summed E-state index contributed by atoms with van der Waals surface area (Å²) in [6.45, 7) is 8.47. The van der Waals surface area contributed by atoms with Crippen LogP contribution in [0.2, 0.25) is 0 Å². The van der Waals surface area contributed by atoms with Crippen LogP contribution in [-0.2, 0) is 13.0 Å². The number of nitrogens with zero attached hydrogens (tertiary/aromatic N) is 2. The smallest absolute Gasteiger partial charge is 0.291 e. The van der Waals surface area contributed by atoms with Crippen molar-refractivity contribution < 1.29 is 9.59 Å². The summed E-state index contributed by atoms with van der Waals surface area (Å²) in [5, 5.41) is 5.84. The number of nitrogens with one attached hydrogen (secondary N) is 2. The van der Waals surface area contributed by atoms with Crippen LogP contribution >= 0.6 is 0 Å². The molecule has 2 heterocycles. The number of aryl methyl sites for hydroxylation is 1. The van der Waals surface area contributed by atoms with E-state index in [1.54, 1.807) is 0 Å². The van der Waals surface area contributed by atoms with Gasteiger partial charge in [0, 0.05) is 17.8 Å². The second-order valence-corrected chi connectivity index (χ2v) is 7.87. The molecule has 0 radical (unpaired) electrons. The Morgan fingerprint density at radius 2 is 1.92 bits per heavy atom. The van der Waals surface area contributed by atoms with Crippen LogP contribution in [0.5, 0.6) is 0 Å². The Balaban J connectivity index is 1.92. The number of amides is 2. The highest BCUT2D eigenvalue weighted by Crippen LogP contribution is 2.22. The van der Waals surface area contributed by atoms with Gasteiger partial charge in [0.1, 0.15) is 5.69 Å². The summed E-state index contributed by atoms with van der Waals surface area (Å²) in [7, 11) is 0. The molecular weight excluding hydrogens is 328 g/mol. The van der Waals surface area contributed by atoms with E-state index in [2.05, 4.69) is 15.6 Å². The van der Waals surface area contributed by atoms with E-state index < -0.39 is 0 Å². The van der Waals surface area contributed by atoms with Crippen molar-refractivity contribution in [2.24, 2.45) is 0 Å². The highest BCUT2D eigenvalue weighted by Gasteiger charge is 2.29. The Labute approximate surface area is 154 Å². The average molecular weight is 354 g/mol. The van der Waals surface area contributed by atoms with Crippen LogP contribution in [0, 0.1) is 6.92 Å². The van der Waals surface area contributed by atoms with E-state index in [4.69, 9.17) is 0 Å². The summed E-state index contributed by atoms with van der Waals surface area (Å²) in [6, 6.07) is 7.62. The highest BCUT2D eigenvalue weighted by molar-refractivity contribution is 6.03. The number of hydrogen-bond donors (Lipinski definition) is 2. The summed E-state index contributed by atoms with van der Waals surface area (Å²) >= 11 is 0. The average Bonchev–Trinajstić information content (AvgIpc) is 2.93. The molecular formula is C20H26N4O2. The summed E-state index contributed by atoms with van der Waals surface area (Å²) in [4.78, 5) is 29.9. The Morgan fingerprint density at radius 3 is 2.62 bits per heavy atom. The second-order valence-electron chi connectivity index (χ2n) is 7.87. The molecule has 0 unspecified atom stereocenters. The molecule has 26 heavy (non-hydrogen) atoms. The third-order valence-electron chi connectivity index (χ3n) is 4.30. The molecule has 1 aromatic carbocycles. The fourth-order valence-electron chi connectivity index (χ4n) is 3.21. The van der Waals surface area contributed by atoms with Crippen molar-refractivity contribution in [3.63, 3.8) is 0 Å². The second kappa shape index (κ2) is 6.94. The maximum Gasteiger partial charge on any atom is 0.291 e. The van der Waals surface area contributed by atoms with Crippen molar-refractivity contribution in [3.05, 3.63) is 47.0 Å². The minimum absolute atomic E-state index is 0.224. The van der Waals surface area contributed by atoms with E-state index >= 15 is 0 Å². The van der Waals surface area contributed by atoms with Gasteiger partial charge in [0.05, 0.1) is 5.69 Å². The van der Waals surface area contributed by atoms with Crippen LogP contribution in [0.25, 0.3) is 0 Å². The molecule has 0 bridgehead atoms. The van der Waals surface area contributed by atoms with Crippen molar-refractivity contribution in [1.82, 2.24) is 14.9 Å². The Hall–Kier alpha value is -2.63. The largest absolute Gasteiger partial charge is 0.346 e. The van der Waals surface area contributed by atoms with Gasteiger partial charge < -0.3 is 15.2 Å². The van der Waals surface area contributed by atoms with E-state index in [1.807, 2.05) is 56.5 Å². The standard InChI is InChI=1S/C20H26N4O2/c1-13-8-7-9-14(12-13)21-19(26)17-22-16(18(25)23-20(2,3)4)15-10-5-6-11-24(15)17/h7-9,12H,5-6,10-11H2,1-4H3,(H,21,26)(H,23,25). The fraction of sp³-hybridized carbons (Fsp3) is 0.450. The van der Waals surface area contributed by atoms with E-state index in [-0.39, 0.29) is 17.4 Å². The topological polar surface area (TPSA) is 76.0 Å². The molecule has 2 N–H and O–H groups in total. The molecule has 0 aliphatic carbocycles. The van der Waals surface area contributed by atoms with Gasteiger partial charge in [-0.2, -0.15) is 0 Å². The number of anilines is 1. The predicted molar refractivity (Wildman–Crippen MR) is 102 cm³/mol. The zero-order valence-corrected chi connectivity index (χ0v) is 15.8. The quantitative estimate of drug-likeness (QED) is 0.888. The number of rotatable bonds is 3. The summed E-state index contributed by atoms with van der Waals surface area (Å²) in [6.07, 6.45) is 2.74. The van der Waals surface area contributed by atoms with Crippen LogP contribution in [0.3, 0.4) is 0 Å². The molecule has 6 nitrogen and oxygen atoms in total. The van der Waals surface area contributed by atoms with E-state index in [1.165, 1.54) is 0 Å². The van der Waals surface area contributed by atoms with Crippen LogP contribution in [0.1, 0.15) is 66.0 Å². The first kappa shape index (κ1) is 18.2. The first-order valence-electron chi connectivity index (χ1n) is 9.04. The number of benzene rings is 1. The van der Waals surface area contributed by atoms with Crippen molar-refractivity contribution in [2.75, 3.05) is 5.32 Å². The lowest BCUT2D eigenvalue weighted by atomic mass is 10.1. The lowest BCUT2D eigenvalue weighted by Crippen LogP contribution is -2.41. The van der Waals surface area contributed by atoms with Crippen LogP contribution in [0.15, 0.2) is 24.3 Å². The van der Waals surface area contributed by atoms with Crippen molar-refractivity contribution in [1.29, 1.82) is 0 Å². The zero-order chi connectivity index (χ0) is 18.9. The third-order valence-corrected chi connectivity index (χ3v) is 4.30. The van der Waals surface area contributed by atoms with Gasteiger partial charge >= 0.3 is 0 Å². The fourth-order valence-corrected chi connectivity index (χ4v) is 3.21. The van der Waals surface area contributed by atoms with Crippen molar-refractivity contribution in [3.8, 4) is 0 Å². The van der Waals surface area contributed by atoms with Gasteiger partial charge in [-0.15, -0.1) is 0 Å². The first-order valence-corrected chi connectivity index (χ1v) is 9.04. The number of fused-ring (bicyclic) bond motifs is 1. The monoisotopic (exact) mass is 354 g/mol. The van der Waals surface area contributed by atoms with Gasteiger partial charge in [-0.05, 0) is 64.7 Å². The molecule has 1 aliphatic heterocycles. The van der Waals surface area contributed by atoms with Crippen LogP contribution < -0.4 is 10.6 Å². The van der Waals surface area contributed by atoms with Gasteiger partial charge in [0.25, 0.3) is 11.8 Å². The zero-order valence-electron chi connectivity index (χ0n) is 15.8. The van der Waals surface area contributed by atoms with Gasteiger partial charge in [0.2, 0.25) is 0 Å². The van der Waals surface area contributed by atoms with Gasteiger partial charge in [-0.3, -0.25) is 9.59 Å². The SMILES string of the molecule is Cc1cccc(NC(=O)c2nc(C(=O)NC(C)(C)C)c3n2CCCC3)c1. The molecule has 6 heteroatoms. The van der Waals surface area contributed by atoms with E-state index in [0.29, 0.717) is 18.1 Å². The Bertz CT molecular complexity index is 846. The van der Waals surface area contributed by atoms with Gasteiger partial charge in [0.15, 0.2) is 5.82 Å². The molecule has 0 saturated heterocycles. The molecule has 0 fully saturated rings. The highest BCUT2D eigenvalue weighted by atomic mass is 16.2. The van der Waals surface area contributed by atoms with Gasteiger partial charge in [-0.1, -0.05) is 12.1 Å². The predicted octanol–water partition coefficient (Wildman–Crippen LogP) is 3.31. The molecule has 1 aliphatic rings. The van der Waals surface area contributed by atoms with E-state index in [9.17, 15) is 9.59 Å². The number of carbonyl (C=O) groups is 2. The van der Waals surface area contributed by atoms with Gasteiger partial charge in [-0.25, -0.2) is 4.98 Å². The number of aromatic nitrogens is 2. The van der Waals surface area contributed by atoms with Crippen molar-refractivity contribution >= 4 is 17.5 Å². The van der Waals surface area contributed by atoms with Crippen molar-refractivity contribution in [2.45, 2.75) is 59.0 Å². The third kappa shape index (κ3) is 3.95. The molecule has 2 amide bonds. The molecule has 138 valence electrons. The maximum atomic E-state index is 12.8. The molecule has 0 atom stereocenters. The molecule has 1 aromatic heterocycles. The molecule has 0 spiro atoms. The van der Waals surface area contributed by atoms with Crippen LogP contribution in [0.4, 0.5) is 5.69 Å². The number of hydrogen-bond acceptors (Lipinski definition) is 3. The molecule has 3 rings (SSSR count). The Kier molecular flexibility index (Phi) is 4.85. The summed E-state index contributed by atoms with van der Waals surface area (Å²) in [5.41, 5.74) is 2.66. The van der Waals surface area contributed by atoms with E-state index in [0.717, 1.165) is 36.2 Å². The number of imidazole rings is 1. The first-order chi connectivity index (χ1) is 12.2. The lowest BCUT2D eigenvalue weighted by Gasteiger charge is -2.21. The normalized spacial score (nSPS) is 13.8. The maximum absolute atomic E-state index is 12.8. The molecule has 2 aromatic rings. The number of carbonyl (C=O) groups excluding carboxylic acids is 2. The summed E-state index contributed by atoms with van der Waals surface area (Å²) < 4.78 is 1.90. The molecule has 0 saturated carbocycles. The lowest BCUT2D eigenvalue weighted by molar-refractivity contribution is 0.0913.